The molecule has 0 aliphatic carbocycles. The van der Waals surface area contributed by atoms with Gasteiger partial charge < -0.3 is 9.47 Å². The van der Waals surface area contributed by atoms with Gasteiger partial charge in [-0.1, -0.05) is 140 Å². The fourth-order valence-corrected chi connectivity index (χ4v) is 7.86. The number of nitrogens with zero attached hydrogens (tertiary/aromatic N) is 2. The van der Waals surface area contributed by atoms with Gasteiger partial charge in [0.1, 0.15) is 0 Å². The van der Waals surface area contributed by atoms with Crippen LogP contribution in [0.4, 0.5) is 17.1 Å². The molecule has 1 heterocycles. The highest BCUT2D eigenvalue weighted by Crippen LogP contribution is 2.45. The average Bonchev–Trinajstić information content (AvgIpc) is 3.52. The quantitative estimate of drug-likeness (QED) is 0.171. The molecule has 9 aromatic carbocycles. The summed E-state index contributed by atoms with van der Waals surface area (Å²) in [6.45, 7) is 0. The molecule has 0 fully saturated rings. The lowest BCUT2D eigenvalue weighted by Gasteiger charge is -2.28. The lowest BCUT2D eigenvalue weighted by Crippen LogP contribution is -2.10. The first-order valence-electron chi connectivity index (χ1n) is 17.2. The van der Waals surface area contributed by atoms with E-state index >= 15 is 0 Å². The van der Waals surface area contributed by atoms with Crippen LogP contribution >= 0.6 is 0 Å². The van der Waals surface area contributed by atoms with Crippen LogP contribution in [0.1, 0.15) is 0 Å². The van der Waals surface area contributed by atoms with E-state index in [9.17, 15) is 0 Å². The molecule has 0 saturated carbocycles. The summed E-state index contributed by atoms with van der Waals surface area (Å²) >= 11 is 0. The Morgan fingerprint density at radius 3 is 1.72 bits per heavy atom. The summed E-state index contributed by atoms with van der Waals surface area (Å²) in [6, 6.07) is 70.5. The van der Waals surface area contributed by atoms with E-state index < -0.39 is 0 Å². The van der Waals surface area contributed by atoms with Crippen LogP contribution in [-0.2, 0) is 0 Å². The van der Waals surface area contributed by atoms with Crippen molar-refractivity contribution >= 4 is 71.2 Å². The molecule has 0 aliphatic rings. The van der Waals surface area contributed by atoms with E-state index in [0.717, 1.165) is 22.7 Å². The maximum Gasteiger partial charge on any atom is 0.0546 e. The second-order valence-corrected chi connectivity index (χ2v) is 13.0. The second-order valence-electron chi connectivity index (χ2n) is 13.0. The van der Waals surface area contributed by atoms with Crippen LogP contribution in [0, 0.1) is 0 Å². The molecule has 2 heteroatoms. The minimum absolute atomic E-state index is 1.11. The summed E-state index contributed by atoms with van der Waals surface area (Å²) in [4.78, 5) is 2.44. The number of fused-ring (bicyclic) bond motifs is 8. The van der Waals surface area contributed by atoms with Crippen LogP contribution in [0.3, 0.4) is 0 Å². The van der Waals surface area contributed by atoms with Gasteiger partial charge in [-0.25, -0.2) is 0 Å². The maximum absolute atomic E-state index is 2.44. The van der Waals surface area contributed by atoms with Crippen molar-refractivity contribution in [2.45, 2.75) is 0 Å². The van der Waals surface area contributed by atoms with Crippen molar-refractivity contribution in [3.8, 4) is 16.8 Å². The molecule has 10 rings (SSSR count). The number of anilines is 3. The largest absolute Gasteiger partial charge is 0.310 e. The molecule has 0 aliphatic heterocycles. The smallest absolute Gasteiger partial charge is 0.0546 e. The Hall–Kier alpha value is -6.64. The monoisotopic (exact) mass is 636 g/mol. The molecule has 10 aromatic rings. The van der Waals surface area contributed by atoms with E-state index in [2.05, 4.69) is 204 Å². The zero-order valence-electron chi connectivity index (χ0n) is 27.4. The minimum Gasteiger partial charge on any atom is -0.310 e. The van der Waals surface area contributed by atoms with E-state index in [1.54, 1.807) is 0 Å². The summed E-state index contributed by atoms with van der Waals surface area (Å²) in [5, 5.41) is 9.99. The van der Waals surface area contributed by atoms with Crippen LogP contribution in [-0.4, -0.2) is 4.57 Å². The normalized spacial score (nSPS) is 11.6. The van der Waals surface area contributed by atoms with Gasteiger partial charge in [0.25, 0.3) is 0 Å². The fraction of sp³-hybridized carbons (Fsp3) is 0. The molecular weight excluding hydrogens is 605 g/mol. The summed E-state index contributed by atoms with van der Waals surface area (Å²) < 4.78 is 2.38. The molecule has 0 atom stereocenters. The van der Waals surface area contributed by atoms with E-state index in [1.165, 1.54) is 65.3 Å². The Morgan fingerprint density at radius 1 is 0.340 bits per heavy atom. The van der Waals surface area contributed by atoms with Gasteiger partial charge in [-0.3, -0.25) is 0 Å². The molecule has 0 N–H and O–H groups in total. The van der Waals surface area contributed by atoms with E-state index in [1.807, 2.05) is 0 Å². The van der Waals surface area contributed by atoms with E-state index in [4.69, 9.17) is 0 Å². The number of benzene rings is 9. The van der Waals surface area contributed by atoms with Crippen molar-refractivity contribution in [2.24, 2.45) is 0 Å². The van der Waals surface area contributed by atoms with Gasteiger partial charge in [0.15, 0.2) is 0 Å². The first-order valence-corrected chi connectivity index (χ1v) is 17.2. The molecule has 2 nitrogen and oxygen atoms in total. The Balaban J connectivity index is 1.25. The zero-order valence-corrected chi connectivity index (χ0v) is 27.4. The first kappa shape index (κ1) is 28.4. The van der Waals surface area contributed by atoms with Gasteiger partial charge in [0, 0.05) is 33.2 Å². The summed E-state index contributed by atoms with van der Waals surface area (Å²) in [5.74, 6) is 0. The first-order chi connectivity index (χ1) is 24.8. The predicted molar refractivity (Wildman–Crippen MR) is 213 cm³/mol. The standard InChI is InChI=1S/C48H32N2/c1-3-13-33(14-4-1)34-25-27-38(28-26-34)49(47-31-36-24-23-35-15-7-8-18-40(35)48(36)43-21-10-9-19-41(43)47)39-29-30-46-44(32-39)42-20-11-12-22-45(42)50(46)37-16-5-2-6-17-37/h1-32H. The van der Waals surface area contributed by atoms with Crippen molar-refractivity contribution in [3.63, 3.8) is 0 Å². The highest BCUT2D eigenvalue weighted by atomic mass is 15.1. The number of aromatic nitrogens is 1. The molecule has 0 bridgehead atoms. The Bertz CT molecular complexity index is 2850. The minimum atomic E-state index is 1.11. The third-order valence-corrected chi connectivity index (χ3v) is 10.1. The topological polar surface area (TPSA) is 8.17 Å². The zero-order chi connectivity index (χ0) is 33.0. The highest BCUT2D eigenvalue weighted by Gasteiger charge is 2.20. The molecule has 0 unspecified atom stereocenters. The Morgan fingerprint density at radius 2 is 0.920 bits per heavy atom. The van der Waals surface area contributed by atoms with Crippen LogP contribution < -0.4 is 4.90 Å². The molecule has 234 valence electrons. The molecule has 1 aromatic heterocycles. The third-order valence-electron chi connectivity index (χ3n) is 10.1. The number of hydrogen-bond acceptors (Lipinski definition) is 1. The third kappa shape index (κ3) is 4.50. The van der Waals surface area contributed by atoms with Crippen LogP contribution in [0.15, 0.2) is 194 Å². The van der Waals surface area contributed by atoms with Crippen molar-refractivity contribution in [3.05, 3.63) is 194 Å². The molecule has 0 radical (unpaired) electrons. The van der Waals surface area contributed by atoms with Gasteiger partial charge in [0.05, 0.1) is 16.7 Å². The second kappa shape index (κ2) is 11.5. The Kier molecular flexibility index (Phi) is 6.53. The van der Waals surface area contributed by atoms with Crippen LogP contribution in [0.2, 0.25) is 0 Å². The van der Waals surface area contributed by atoms with E-state index in [0.29, 0.717) is 0 Å². The lowest BCUT2D eigenvalue weighted by atomic mass is 9.94. The predicted octanol–water partition coefficient (Wildman–Crippen LogP) is 13.4. The van der Waals surface area contributed by atoms with Crippen molar-refractivity contribution in [1.29, 1.82) is 0 Å². The van der Waals surface area contributed by atoms with Crippen LogP contribution in [0.25, 0.3) is 70.9 Å². The van der Waals surface area contributed by atoms with Gasteiger partial charge >= 0.3 is 0 Å². The molecule has 0 saturated heterocycles. The molecular formula is C48H32N2. The lowest BCUT2D eigenvalue weighted by molar-refractivity contribution is 1.18. The fourth-order valence-electron chi connectivity index (χ4n) is 7.86. The molecule has 50 heavy (non-hydrogen) atoms. The van der Waals surface area contributed by atoms with E-state index in [-0.39, 0.29) is 0 Å². The molecule has 0 amide bonds. The number of hydrogen-bond donors (Lipinski definition) is 0. The van der Waals surface area contributed by atoms with Gasteiger partial charge in [-0.2, -0.15) is 0 Å². The summed E-state index contributed by atoms with van der Waals surface area (Å²) in [6.07, 6.45) is 0. The summed E-state index contributed by atoms with van der Waals surface area (Å²) in [5.41, 5.74) is 9.35. The number of para-hydroxylation sites is 2. The van der Waals surface area contributed by atoms with Crippen molar-refractivity contribution in [2.75, 3.05) is 4.90 Å². The average molecular weight is 637 g/mol. The molecule has 0 spiro atoms. The number of rotatable bonds is 5. The van der Waals surface area contributed by atoms with Gasteiger partial charge in [0.2, 0.25) is 0 Å². The van der Waals surface area contributed by atoms with Crippen molar-refractivity contribution < 1.29 is 0 Å². The SMILES string of the molecule is c1ccc(-c2ccc(N(c3ccc4c(c3)c3ccccc3n4-c3ccccc3)c3cc4ccc5ccccc5c4c4ccccc34)cc2)cc1. The van der Waals surface area contributed by atoms with Gasteiger partial charge in [-0.05, 0) is 92.7 Å². The van der Waals surface area contributed by atoms with Crippen molar-refractivity contribution in [1.82, 2.24) is 4.57 Å². The highest BCUT2D eigenvalue weighted by molar-refractivity contribution is 6.24. The summed E-state index contributed by atoms with van der Waals surface area (Å²) in [7, 11) is 0. The Labute approximate surface area is 290 Å². The van der Waals surface area contributed by atoms with Crippen LogP contribution in [0.5, 0.6) is 0 Å². The maximum atomic E-state index is 2.44. The van der Waals surface area contributed by atoms with Gasteiger partial charge in [-0.15, -0.1) is 0 Å².